The molecule has 0 amide bonds. The van der Waals surface area contributed by atoms with Gasteiger partial charge in [-0.3, -0.25) is 0 Å². The number of pyridine rings is 1. The molecule has 0 spiro atoms. The first-order chi connectivity index (χ1) is 11.0. The molecule has 0 bridgehead atoms. The maximum atomic E-state index is 12.7. The minimum absolute atomic E-state index is 0.402. The molecule has 1 nitrogen and oxygen atoms in total. The fraction of sp³-hybridized carbons (Fsp3) is 0.105. The van der Waals surface area contributed by atoms with Crippen LogP contribution >= 0.6 is 0 Å². The van der Waals surface area contributed by atoms with E-state index in [-0.39, 0.29) is 0 Å². The van der Waals surface area contributed by atoms with Crippen molar-refractivity contribution in [3.8, 4) is 11.1 Å². The summed E-state index contributed by atoms with van der Waals surface area (Å²) >= 11 is 0. The van der Waals surface area contributed by atoms with Crippen LogP contribution < -0.4 is 4.57 Å². The number of aromatic nitrogens is 1. The number of hydrogen-bond donors (Lipinski definition) is 0. The van der Waals surface area contributed by atoms with Crippen LogP contribution in [-0.2, 0) is 12.7 Å². The fourth-order valence-corrected chi connectivity index (χ4v) is 2.44. The second-order valence-corrected chi connectivity index (χ2v) is 5.32. The number of nitrogens with zero attached hydrogens (tertiary/aromatic N) is 1. The third-order valence-corrected chi connectivity index (χ3v) is 3.62. The van der Waals surface area contributed by atoms with Crippen LogP contribution in [0.2, 0.25) is 0 Å². The molecule has 0 saturated carbocycles. The first-order valence-electron chi connectivity index (χ1n) is 7.23. The molecular weight excluding hydrogens is 299 g/mol. The largest absolute Gasteiger partial charge is 0.416 e. The summed E-state index contributed by atoms with van der Waals surface area (Å²) < 4.78 is 40.1. The van der Waals surface area contributed by atoms with Crippen molar-refractivity contribution in [2.75, 3.05) is 0 Å². The Bertz CT molecular complexity index is 778. The Morgan fingerprint density at radius 1 is 0.739 bits per heavy atom. The quantitative estimate of drug-likeness (QED) is 0.617. The van der Waals surface area contributed by atoms with E-state index in [4.69, 9.17) is 0 Å². The lowest BCUT2D eigenvalue weighted by Crippen LogP contribution is -2.33. The number of halogens is 3. The third-order valence-electron chi connectivity index (χ3n) is 3.62. The highest BCUT2D eigenvalue weighted by molar-refractivity contribution is 5.61. The Kier molecular flexibility index (Phi) is 4.15. The van der Waals surface area contributed by atoms with Crippen LogP contribution in [0, 0.1) is 0 Å². The molecule has 0 aliphatic rings. The summed E-state index contributed by atoms with van der Waals surface area (Å²) in [5.74, 6) is 0. The van der Waals surface area contributed by atoms with E-state index in [2.05, 4.69) is 0 Å². The summed E-state index contributed by atoms with van der Waals surface area (Å²) in [6.07, 6.45) is -0.553. The van der Waals surface area contributed by atoms with Crippen molar-refractivity contribution in [3.05, 3.63) is 90.3 Å². The average molecular weight is 314 g/mol. The zero-order valence-corrected chi connectivity index (χ0v) is 12.3. The molecule has 0 fully saturated rings. The molecule has 3 rings (SSSR count). The van der Waals surface area contributed by atoms with Gasteiger partial charge in [0.1, 0.15) is 0 Å². The van der Waals surface area contributed by atoms with E-state index in [1.54, 1.807) is 6.07 Å². The first-order valence-corrected chi connectivity index (χ1v) is 7.23. The van der Waals surface area contributed by atoms with Gasteiger partial charge in [0.05, 0.1) is 5.56 Å². The van der Waals surface area contributed by atoms with E-state index < -0.39 is 11.7 Å². The molecule has 0 saturated heterocycles. The minimum atomic E-state index is -4.31. The van der Waals surface area contributed by atoms with Crippen molar-refractivity contribution >= 4 is 0 Å². The second kappa shape index (κ2) is 6.24. The lowest BCUT2D eigenvalue weighted by atomic mass is 10.1. The maximum absolute atomic E-state index is 12.7. The van der Waals surface area contributed by atoms with E-state index in [0.29, 0.717) is 12.1 Å². The van der Waals surface area contributed by atoms with Gasteiger partial charge in [-0.05, 0) is 23.3 Å². The molecule has 1 heterocycles. The van der Waals surface area contributed by atoms with Crippen molar-refractivity contribution in [1.29, 1.82) is 0 Å². The second-order valence-electron chi connectivity index (χ2n) is 5.32. The highest BCUT2D eigenvalue weighted by atomic mass is 19.4. The monoisotopic (exact) mass is 314 g/mol. The molecule has 116 valence electrons. The van der Waals surface area contributed by atoms with E-state index >= 15 is 0 Å². The van der Waals surface area contributed by atoms with Gasteiger partial charge in [0.15, 0.2) is 18.9 Å². The predicted molar refractivity (Wildman–Crippen MR) is 82.6 cm³/mol. The average Bonchev–Trinajstić information content (AvgIpc) is 2.56. The van der Waals surface area contributed by atoms with Gasteiger partial charge in [-0.15, -0.1) is 0 Å². The van der Waals surface area contributed by atoms with E-state index in [0.717, 1.165) is 17.2 Å². The summed E-state index contributed by atoms with van der Waals surface area (Å²) in [7, 11) is 0. The molecule has 23 heavy (non-hydrogen) atoms. The molecule has 0 N–H and O–H groups in total. The Hall–Kier alpha value is -2.62. The minimum Gasteiger partial charge on any atom is -0.201 e. The number of benzene rings is 2. The summed E-state index contributed by atoms with van der Waals surface area (Å²) in [6, 6.07) is 19.3. The molecule has 0 unspecified atom stereocenters. The zero-order valence-electron chi connectivity index (χ0n) is 12.3. The van der Waals surface area contributed by atoms with E-state index in [1.165, 1.54) is 12.1 Å². The number of hydrogen-bond acceptors (Lipinski definition) is 0. The highest BCUT2D eigenvalue weighted by Crippen LogP contribution is 2.29. The SMILES string of the molecule is FC(F)(F)c1cccc(C[n+]2ccc(-c3ccccc3)cc2)c1. The van der Waals surface area contributed by atoms with Crippen LogP contribution in [0.15, 0.2) is 79.1 Å². The Balaban J connectivity index is 1.79. The molecule has 0 aliphatic carbocycles. The lowest BCUT2D eigenvalue weighted by Gasteiger charge is -2.07. The molecule has 3 aromatic rings. The Morgan fingerprint density at radius 3 is 2.04 bits per heavy atom. The van der Waals surface area contributed by atoms with Crippen LogP contribution in [0.25, 0.3) is 11.1 Å². The van der Waals surface area contributed by atoms with Gasteiger partial charge in [0, 0.05) is 17.7 Å². The van der Waals surface area contributed by atoms with Crippen LogP contribution in [0.1, 0.15) is 11.1 Å². The lowest BCUT2D eigenvalue weighted by molar-refractivity contribution is -0.688. The normalized spacial score (nSPS) is 11.4. The molecule has 2 aromatic carbocycles. The van der Waals surface area contributed by atoms with Crippen molar-refractivity contribution in [2.24, 2.45) is 0 Å². The van der Waals surface area contributed by atoms with Gasteiger partial charge in [-0.1, -0.05) is 42.5 Å². The molecule has 0 atom stereocenters. The van der Waals surface area contributed by atoms with Gasteiger partial charge in [-0.25, -0.2) is 4.57 Å². The van der Waals surface area contributed by atoms with Crippen LogP contribution in [-0.4, -0.2) is 0 Å². The van der Waals surface area contributed by atoms with Gasteiger partial charge in [0.25, 0.3) is 0 Å². The fourth-order valence-electron chi connectivity index (χ4n) is 2.44. The van der Waals surface area contributed by atoms with Crippen molar-refractivity contribution < 1.29 is 17.7 Å². The Morgan fingerprint density at radius 2 is 1.39 bits per heavy atom. The van der Waals surface area contributed by atoms with Crippen molar-refractivity contribution in [1.82, 2.24) is 0 Å². The van der Waals surface area contributed by atoms with Gasteiger partial charge in [-0.2, -0.15) is 13.2 Å². The zero-order chi connectivity index (χ0) is 16.3. The molecule has 0 radical (unpaired) electrons. The van der Waals surface area contributed by atoms with Crippen LogP contribution in [0.4, 0.5) is 13.2 Å². The smallest absolute Gasteiger partial charge is 0.201 e. The summed E-state index contributed by atoms with van der Waals surface area (Å²) in [6.45, 7) is 0.402. The summed E-state index contributed by atoms with van der Waals surface area (Å²) in [5, 5.41) is 0. The predicted octanol–water partition coefficient (Wildman–Crippen LogP) is 4.71. The maximum Gasteiger partial charge on any atom is 0.416 e. The number of alkyl halides is 3. The highest BCUT2D eigenvalue weighted by Gasteiger charge is 2.30. The standard InChI is InChI=1S/C19H15F3N/c20-19(21,22)18-8-4-5-15(13-18)14-23-11-9-17(10-12-23)16-6-2-1-3-7-16/h1-13H,14H2/q+1. The molecule has 0 aliphatic heterocycles. The van der Waals surface area contributed by atoms with Crippen molar-refractivity contribution in [3.63, 3.8) is 0 Å². The van der Waals surface area contributed by atoms with Crippen molar-refractivity contribution in [2.45, 2.75) is 12.7 Å². The van der Waals surface area contributed by atoms with E-state index in [9.17, 15) is 13.2 Å². The van der Waals surface area contributed by atoms with E-state index in [1.807, 2.05) is 59.4 Å². The number of rotatable bonds is 3. The molecular formula is C19H15F3N+. The van der Waals surface area contributed by atoms with Gasteiger partial charge >= 0.3 is 6.18 Å². The van der Waals surface area contributed by atoms with Crippen LogP contribution in [0.3, 0.4) is 0 Å². The summed E-state index contributed by atoms with van der Waals surface area (Å²) in [4.78, 5) is 0. The summed E-state index contributed by atoms with van der Waals surface area (Å²) in [5.41, 5.74) is 2.19. The topological polar surface area (TPSA) is 3.88 Å². The Labute approximate surface area is 132 Å². The molecule has 1 aromatic heterocycles. The first kappa shape index (κ1) is 15.3. The van der Waals surface area contributed by atoms with Gasteiger partial charge in [0.2, 0.25) is 0 Å². The van der Waals surface area contributed by atoms with Gasteiger partial charge < -0.3 is 0 Å². The van der Waals surface area contributed by atoms with Crippen LogP contribution in [0.5, 0.6) is 0 Å². The third kappa shape index (κ3) is 3.77. The molecule has 4 heteroatoms.